The van der Waals surface area contributed by atoms with Gasteiger partial charge in [0.05, 0.1) is 11.4 Å². The van der Waals surface area contributed by atoms with E-state index in [-0.39, 0.29) is 0 Å². The minimum absolute atomic E-state index is 0.582. The lowest BCUT2D eigenvalue weighted by Crippen LogP contribution is -2.12. The maximum absolute atomic E-state index is 6.43. The Morgan fingerprint density at radius 2 is 1.02 bits per heavy atom. The summed E-state index contributed by atoms with van der Waals surface area (Å²) in [6.07, 6.45) is 6.47. The van der Waals surface area contributed by atoms with E-state index >= 15 is 0 Å². The fourth-order valence-electron chi connectivity index (χ4n) is 9.63. The molecule has 0 spiro atoms. The Labute approximate surface area is 339 Å². The second-order valence-electron chi connectivity index (χ2n) is 15.9. The van der Waals surface area contributed by atoms with Crippen LogP contribution in [0.3, 0.4) is 0 Å². The van der Waals surface area contributed by atoms with Crippen molar-refractivity contribution in [3.63, 3.8) is 0 Å². The highest BCUT2D eigenvalue weighted by Crippen LogP contribution is 2.48. The normalized spacial score (nSPS) is 13.4. The molecule has 1 saturated carbocycles. The SMILES string of the molecule is c1ccc(N(c2ccc(-c3ccc4ccccc4c3)cc2)c2ccccc2-c2cccc3cccc(C4CCCCC4)c23)c(-c2ccc3c(c2)oc2ccccc23)c1. The highest BCUT2D eigenvalue weighted by Gasteiger charge is 2.24. The molecule has 1 heterocycles. The van der Waals surface area contributed by atoms with E-state index in [1.165, 1.54) is 81.5 Å². The van der Waals surface area contributed by atoms with Crippen LogP contribution >= 0.6 is 0 Å². The van der Waals surface area contributed by atoms with Gasteiger partial charge in [-0.1, -0.05) is 165 Å². The molecule has 0 saturated heterocycles. The smallest absolute Gasteiger partial charge is 0.136 e. The predicted molar refractivity (Wildman–Crippen MR) is 246 cm³/mol. The van der Waals surface area contributed by atoms with Crippen LogP contribution in [-0.4, -0.2) is 0 Å². The number of fused-ring (bicyclic) bond motifs is 5. The fourth-order valence-corrected chi connectivity index (χ4v) is 9.63. The number of hydrogen-bond donors (Lipinski definition) is 0. The Balaban J connectivity index is 1.11. The predicted octanol–water partition coefficient (Wildman–Crippen LogP) is 16.4. The number of para-hydroxylation sites is 3. The summed E-state index contributed by atoms with van der Waals surface area (Å²) in [6, 6.07) is 71.1. The van der Waals surface area contributed by atoms with Crippen molar-refractivity contribution in [2.24, 2.45) is 0 Å². The van der Waals surface area contributed by atoms with Crippen molar-refractivity contribution in [2.75, 3.05) is 4.90 Å². The summed E-state index contributed by atoms with van der Waals surface area (Å²) < 4.78 is 6.43. The maximum Gasteiger partial charge on any atom is 0.136 e. The van der Waals surface area contributed by atoms with Crippen molar-refractivity contribution in [3.05, 3.63) is 200 Å². The van der Waals surface area contributed by atoms with E-state index in [9.17, 15) is 0 Å². The molecule has 1 aromatic heterocycles. The first-order chi connectivity index (χ1) is 28.8. The third-order valence-electron chi connectivity index (χ3n) is 12.5. The first kappa shape index (κ1) is 34.4. The summed E-state index contributed by atoms with van der Waals surface area (Å²) >= 11 is 0. The number of nitrogens with zero attached hydrogens (tertiary/aromatic N) is 1. The molecule has 0 atom stereocenters. The molecule has 1 aliphatic rings. The first-order valence-corrected chi connectivity index (χ1v) is 20.8. The molecular weight excluding hydrogens is 703 g/mol. The van der Waals surface area contributed by atoms with Gasteiger partial charge in [0, 0.05) is 27.6 Å². The van der Waals surface area contributed by atoms with Crippen LogP contribution in [0.4, 0.5) is 17.1 Å². The molecule has 11 rings (SSSR count). The number of rotatable bonds is 7. The monoisotopic (exact) mass is 745 g/mol. The molecule has 1 fully saturated rings. The second kappa shape index (κ2) is 14.6. The highest BCUT2D eigenvalue weighted by atomic mass is 16.3. The average Bonchev–Trinajstić information content (AvgIpc) is 3.67. The van der Waals surface area contributed by atoms with Crippen LogP contribution in [0.1, 0.15) is 43.6 Å². The van der Waals surface area contributed by atoms with Crippen LogP contribution in [0.2, 0.25) is 0 Å². The van der Waals surface area contributed by atoms with Crippen molar-refractivity contribution in [1.29, 1.82) is 0 Å². The molecule has 0 amide bonds. The minimum atomic E-state index is 0.582. The molecule has 0 unspecified atom stereocenters. The second-order valence-corrected chi connectivity index (χ2v) is 15.9. The third kappa shape index (κ3) is 6.04. The van der Waals surface area contributed by atoms with Crippen LogP contribution in [0.15, 0.2) is 199 Å². The zero-order valence-electron chi connectivity index (χ0n) is 32.4. The lowest BCUT2D eigenvalue weighted by Gasteiger charge is -2.31. The van der Waals surface area contributed by atoms with Crippen LogP contribution < -0.4 is 4.90 Å². The van der Waals surface area contributed by atoms with Crippen molar-refractivity contribution in [3.8, 4) is 33.4 Å². The highest BCUT2D eigenvalue weighted by molar-refractivity contribution is 6.07. The molecule has 58 heavy (non-hydrogen) atoms. The van der Waals surface area contributed by atoms with Crippen LogP contribution in [-0.2, 0) is 0 Å². The van der Waals surface area contributed by atoms with Gasteiger partial charge < -0.3 is 9.32 Å². The summed E-state index contributed by atoms with van der Waals surface area (Å²) in [7, 11) is 0. The van der Waals surface area contributed by atoms with Gasteiger partial charge in [-0.25, -0.2) is 0 Å². The molecule has 2 heteroatoms. The van der Waals surface area contributed by atoms with E-state index in [0.29, 0.717) is 5.92 Å². The molecule has 278 valence electrons. The van der Waals surface area contributed by atoms with E-state index in [2.05, 4.69) is 193 Å². The zero-order chi connectivity index (χ0) is 38.4. The van der Waals surface area contributed by atoms with Gasteiger partial charge in [-0.15, -0.1) is 0 Å². The molecule has 0 bridgehead atoms. The number of benzene rings is 9. The summed E-state index contributed by atoms with van der Waals surface area (Å²) in [6.45, 7) is 0. The van der Waals surface area contributed by atoms with Gasteiger partial charge in [0.1, 0.15) is 11.2 Å². The number of hydrogen-bond acceptors (Lipinski definition) is 2. The Morgan fingerprint density at radius 3 is 1.86 bits per heavy atom. The molecule has 0 radical (unpaired) electrons. The van der Waals surface area contributed by atoms with Gasteiger partial charge in [0.25, 0.3) is 0 Å². The Kier molecular flexibility index (Phi) is 8.62. The molecular formula is C56H43NO. The van der Waals surface area contributed by atoms with E-state index in [1.807, 2.05) is 6.07 Å². The van der Waals surface area contributed by atoms with Crippen LogP contribution in [0.5, 0.6) is 0 Å². The van der Waals surface area contributed by atoms with Gasteiger partial charge >= 0.3 is 0 Å². The Hall–Kier alpha value is -6.90. The minimum Gasteiger partial charge on any atom is -0.456 e. The molecule has 0 N–H and O–H groups in total. The van der Waals surface area contributed by atoms with Crippen LogP contribution in [0.25, 0.3) is 76.9 Å². The van der Waals surface area contributed by atoms with E-state index < -0.39 is 0 Å². The van der Waals surface area contributed by atoms with E-state index in [1.54, 1.807) is 0 Å². The van der Waals surface area contributed by atoms with Gasteiger partial charge in [0.2, 0.25) is 0 Å². The number of anilines is 3. The van der Waals surface area contributed by atoms with Gasteiger partial charge in [-0.2, -0.15) is 0 Å². The zero-order valence-corrected chi connectivity index (χ0v) is 32.4. The van der Waals surface area contributed by atoms with Crippen molar-refractivity contribution >= 4 is 60.5 Å². The van der Waals surface area contributed by atoms with Gasteiger partial charge in [-0.3, -0.25) is 0 Å². The lowest BCUT2D eigenvalue weighted by atomic mass is 9.80. The summed E-state index contributed by atoms with van der Waals surface area (Å²) in [4.78, 5) is 2.47. The van der Waals surface area contributed by atoms with Crippen molar-refractivity contribution in [1.82, 2.24) is 0 Å². The third-order valence-corrected chi connectivity index (χ3v) is 12.5. The van der Waals surface area contributed by atoms with Gasteiger partial charge in [0.15, 0.2) is 0 Å². The first-order valence-electron chi connectivity index (χ1n) is 20.8. The van der Waals surface area contributed by atoms with Crippen molar-refractivity contribution < 1.29 is 4.42 Å². The topological polar surface area (TPSA) is 16.4 Å². The molecule has 9 aromatic carbocycles. The molecule has 0 aliphatic heterocycles. The Bertz CT molecular complexity index is 3100. The Morgan fingerprint density at radius 1 is 0.397 bits per heavy atom. The molecule has 2 nitrogen and oxygen atoms in total. The van der Waals surface area contributed by atoms with E-state index in [0.717, 1.165) is 50.1 Å². The van der Waals surface area contributed by atoms with Crippen LogP contribution in [0, 0.1) is 0 Å². The summed E-state index contributed by atoms with van der Waals surface area (Å²) in [5.74, 6) is 0.582. The summed E-state index contributed by atoms with van der Waals surface area (Å²) in [5, 5.41) is 7.47. The maximum atomic E-state index is 6.43. The molecule has 10 aromatic rings. The lowest BCUT2D eigenvalue weighted by molar-refractivity contribution is 0.445. The van der Waals surface area contributed by atoms with Crippen molar-refractivity contribution in [2.45, 2.75) is 38.0 Å². The average molecular weight is 746 g/mol. The summed E-state index contributed by atoms with van der Waals surface area (Å²) in [5.41, 5.74) is 13.8. The largest absolute Gasteiger partial charge is 0.456 e. The molecule has 1 aliphatic carbocycles. The van der Waals surface area contributed by atoms with E-state index in [4.69, 9.17) is 4.42 Å². The van der Waals surface area contributed by atoms with Gasteiger partial charge in [-0.05, 0) is 117 Å². The quantitative estimate of drug-likeness (QED) is 0.162. The standard InChI is InChI=1S/C56H43NO/c1-2-15-40(16-3-1)47-23-12-18-41-19-13-24-51(56(41)47)48-21-7-10-26-53(48)57(45-33-30-39(31-34-45)43-29-28-38-14-4-5-17-42(38)36-43)52-25-9-6-20-46(52)44-32-35-50-49-22-8-11-27-54(49)58-55(50)37-44/h4-14,17-37,40H,1-3,15-16H2. The fraction of sp³-hybridized carbons (Fsp3) is 0.107. The number of furan rings is 1.